The van der Waals surface area contributed by atoms with Gasteiger partial charge in [-0.3, -0.25) is 13.9 Å². The maximum absolute atomic E-state index is 13.5. The largest absolute Gasteiger partial charge is 0.383 e. The van der Waals surface area contributed by atoms with E-state index >= 15 is 0 Å². The summed E-state index contributed by atoms with van der Waals surface area (Å²) in [4.78, 5) is 25.6. The van der Waals surface area contributed by atoms with Crippen molar-refractivity contribution >= 4 is 56.4 Å². The molecule has 3 aromatic rings. The molecule has 0 fully saturated rings. The molecule has 35 heavy (non-hydrogen) atoms. The van der Waals surface area contributed by atoms with E-state index in [1.165, 1.54) is 37.4 Å². The SMILES string of the molecule is COCCNC(=O)c1ccccc1NC(=O)CN(c1cc(Cl)ccc1Cl)S(=O)(=O)c1ccccc1. The molecule has 11 heteroatoms. The van der Waals surface area contributed by atoms with Gasteiger partial charge in [0.15, 0.2) is 0 Å². The van der Waals surface area contributed by atoms with Gasteiger partial charge in [-0.05, 0) is 42.5 Å². The summed E-state index contributed by atoms with van der Waals surface area (Å²) in [5.41, 5.74) is 0.487. The van der Waals surface area contributed by atoms with Crippen LogP contribution in [0.2, 0.25) is 10.0 Å². The van der Waals surface area contributed by atoms with Crippen molar-refractivity contribution in [2.45, 2.75) is 4.90 Å². The predicted octanol–water partition coefficient (Wildman–Crippen LogP) is 4.20. The highest BCUT2D eigenvalue weighted by Crippen LogP contribution is 2.33. The minimum atomic E-state index is -4.19. The van der Waals surface area contributed by atoms with E-state index in [1.807, 2.05) is 0 Å². The van der Waals surface area contributed by atoms with E-state index in [0.29, 0.717) is 6.61 Å². The Morgan fingerprint density at radius 1 is 0.971 bits per heavy atom. The standard InChI is InChI=1S/C24H23Cl2N3O5S/c1-34-14-13-27-24(31)19-9-5-6-10-21(19)28-23(30)16-29(22-15-17(25)11-12-20(22)26)35(32,33)18-7-3-2-4-8-18/h2-12,15H,13-14,16H2,1H3,(H,27,31)(H,28,30). The maximum atomic E-state index is 13.5. The van der Waals surface area contributed by atoms with Crippen molar-refractivity contribution in [1.29, 1.82) is 0 Å². The maximum Gasteiger partial charge on any atom is 0.264 e. The normalized spacial score (nSPS) is 11.1. The molecule has 0 aromatic heterocycles. The number of ether oxygens (including phenoxy) is 1. The number of halogens is 2. The second-order valence-electron chi connectivity index (χ2n) is 7.26. The molecule has 0 saturated heterocycles. The molecule has 0 aliphatic rings. The van der Waals surface area contributed by atoms with Crippen LogP contribution in [0.1, 0.15) is 10.4 Å². The monoisotopic (exact) mass is 535 g/mol. The Kier molecular flexibility index (Phi) is 9.11. The third kappa shape index (κ3) is 6.73. The van der Waals surface area contributed by atoms with Crippen LogP contribution in [0.25, 0.3) is 0 Å². The smallest absolute Gasteiger partial charge is 0.264 e. The number of hydrogen-bond donors (Lipinski definition) is 2. The number of carbonyl (C=O) groups excluding carboxylic acids is 2. The van der Waals surface area contributed by atoms with E-state index in [4.69, 9.17) is 27.9 Å². The van der Waals surface area contributed by atoms with Crippen LogP contribution in [-0.4, -0.2) is 47.0 Å². The number of methoxy groups -OCH3 is 1. The number of amides is 2. The topological polar surface area (TPSA) is 105 Å². The predicted molar refractivity (Wildman–Crippen MR) is 137 cm³/mol. The summed E-state index contributed by atoms with van der Waals surface area (Å²) in [6, 6.07) is 18.4. The highest BCUT2D eigenvalue weighted by atomic mass is 35.5. The van der Waals surface area contributed by atoms with Gasteiger partial charge in [-0.2, -0.15) is 0 Å². The zero-order chi connectivity index (χ0) is 25.4. The lowest BCUT2D eigenvalue weighted by atomic mass is 10.1. The summed E-state index contributed by atoms with van der Waals surface area (Å²) in [7, 11) is -2.67. The first-order valence-electron chi connectivity index (χ1n) is 10.4. The Morgan fingerprint density at radius 2 is 1.66 bits per heavy atom. The lowest BCUT2D eigenvalue weighted by Gasteiger charge is -2.25. The molecule has 0 unspecified atom stereocenters. The number of hydrogen-bond acceptors (Lipinski definition) is 5. The Bertz CT molecular complexity index is 1300. The Hall–Kier alpha value is -3.11. The van der Waals surface area contributed by atoms with E-state index < -0.39 is 28.4 Å². The summed E-state index contributed by atoms with van der Waals surface area (Å²) in [5.74, 6) is -1.10. The number of nitrogens with zero attached hydrogens (tertiary/aromatic N) is 1. The average Bonchev–Trinajstić information content (AvgIpc) is 2.85. The lowest BCUT2D eigenvalue weighted by molar-refractivity contribution is -0.114. The number of benzene rings is 3. The van der Waals surface area contributed by atoms with Crippen molar-refractivity contribution in [1.82, 2.24) is 5.32 Å². The number of nitrogens with one attached hydrogen (secondary N) is 2. The van der Waals surface area contributed by atoms with Gasteiger partial charge in [0, 0.05) is 18.7 Å². The van der Waals surface area contributed by atoms with Crippen LogP contribution in [-0.2, 0) is 19.6 Å². The first-order valence-corrected chi connectivity index (χ1v) is 12.6. The number of sulfonamides is 1. The molecule has 8 nitrogen and oxygen atoms in total. The van der Waals surface area contributed by atoms with Crippen LogP contribution >= 0.6 is 23.2 Å². The molecule has 0 saturated carbocycles. The average molecular weight is 536 g/mol. The van der Waals surface area contributed by atoms with Gasteiger partial charge in [0.05, 0.1) is 33.5 Å². The van der Waals surface area contributed by atoms with Crippen LogP contribution in [0.3, 0.4) is 0 Å². The van der Waals surface area contributed by atoms with Crippen molar-refractivity contribution in [3.63, 3.8) is 0 Å². The van der Waals surface area contributed by atoms with Crippen molar-refractivity contribution in [2.75, 3.05) is 36.4 Å². The van der Waals surface area contributed by atoms with Gasteiger partial charge in [-0.15, -0.1) is 0 Å². The molecular weight excluding hydrogens is 513 g/mol. The molecule has 0 radical (unpaired) electrons. The highest BCUT2D eigenvalue weighted by Gasteiger charge is 2.29. The van der Waals surface area contributed by atoms with Crippen LogP contribution < -0.4 is 14.9 Å². The summed E-state index contributed by atoms with van der Waals surface area (Å²) in [6.07, 6.45) is 0. The molecule has 0 aliphatic heterocycles. The summed E-state index contributed by atoms with van der Waals surface area (Å²) in [5, 5.41) is 5.66. The zero-order valence-electron chi connectivity index (χ0n) is 18.7. The molecule has 3 rings (SSSR count). The van der Waals surface area contributed by atoms with Crippen molar-refractivity contribution in [2.24, 2.45) is 0 Å². The van der Waals surface area contributed by atoms with Gasteiger partial charge in [-0.1, -0.05) is 53.5 Å². The molecular formula is C24H23Cl2N3O5S. The van der Waals surface area contributed by atoms with E-state index in [1.54, 1.807) is 42.5 Å². The van der Waals surface area contributed by atoms with Crippen LogP contribution in [0.4, 0.5) is 11.4 Å². The van der Waals surface area contributed by atoms with Crippen molar-refractivity contribution < 1.29 is 22.7 Å². The zero-order valence-corrected chi connectivity index (χ0v) is 21.0. The second kappa shape index (κ2) is 12.0. The molecule has 0 aliphatic carbocycles. The highest BCUT2D eigenvalue weighted by molar-refractivity contribution is 7.92. The first kappa shape index (κ1) is 26.5. The summed E-state index contributed by atoms with van der Waals surface area (Å²) < 4.78 is 32.8. The number of anilines is 2. The molecule has 0 spiro atoms. The number of para-hydroxylation sites is 1. The van der Waals surface area contributed by atoms with Gasteiger partial charge in [-0.25, -0.2) is 8.42 Å². The van der Waals surface area contributed by atoms with Crippen LogP contribution in [0.5, 0.6) is 0 Å². The fraction of sp³-hybridized carbons (Fsp3) is 0.167. The molecule has 0 heterocycles. The van der Waals surface area contributed by atoms with Gasteiger partial charge in [0.2, 0.25) is 5.91 Å². The van der Waals surface area contributed by atoms with Crippen LogP contribution in [0.15, 0.2) is 77.7 Å². The van der Waals surface area contributed by atoms with Crippen molar-refractivity contribution in [3.05, 3.63) is 88.4 Å². The van der Waals surface area contributed by atoms with Gasteiger partial charge in [0.25, 0.3) is 15.9 Å². The molecule has 3 aromatic carbocycles. The quantitative estimate of drug-likeness (QED) is 0.378. The van der Waals surface area contributed by atoms with E-state index in [2.05, 4.69) is 10.6 Å². The van der Waals surface area contributed by atoms with E-state index in [-0.39, 0.29) is 38.4 Å². The van der Waals surface area contributed by atoms with E-state index in [0.717, 1.165) is 4.31 Å². The van der Waals surface area contributed by atoms with Gasteiger partial charge >= 0.3 is 0 Å². The van der Waals surface area contributed by atoms with Crippen LogP contribution in [0, 0.1) is 0 Å². The number of rotatable bonds is 10. The molecule has 2 amide bonds. The molecule has 0 bridgehead atoms. The molecule has 2 N–H and O–H groups in total. The Balaban J connectivity index is 1.92. The fourth-order valence-electron chi connectivity index (χ4n) is 3.17. The Labute approximate surface area is 213 Å². The summed E-state index contributed by atoms with van der Waals surface area (Å²) >= 11 is 12.4. The van der Waals surface area contributed by atoms with Gasteiger partial charge < -0.3 is 15.4 Å². The lowest BCUT2D eigenvalue weighted by Crippen LogP contribution is -2.38. The first-order chi connectivity index (χ1) is 16.7. The van der Waals surface area contributed by atoms with E-state index in [9.17, 15) is 18.0 Å². The van der Waals surface area contributed by atoms with Crippen molar-refractivity contribution in [3.8, 4) is 0 Å². The number of carbonyl (C=O) groups is 2. The molecule has 184 valence electrons. The minimum absolute atomic E-state index is 0.0261. The minimum Gasteiger partial charge on any atom is -0.383 e. The second-order valence-corrected chi connectivity index (χ2v) is 9.97. The fourth-order valence-corrected chi connectivity index (χ4v) is 5.06. The summed E-state index contributed by atoms with van der Waals surface area (Å²) in [6.45, 7) is -0.00212. The third-order valence-corrected chi connectivity index (χ3v) is 7.16. The Morgan fingerprint density at radius 3 is 2.37 bits per heavy atom. The third-order valence-electron chi connectivity index (χ3n) is 4.83. The molecule has 0 atom stereocenters. The van der Waals surface area contributed by atoms with Gasteiger partial charge in [0.1, 0.15) is 6.54 Å².